The van der Waals surface area contributed by atoms with Crippen molar-refractivity contribution in [1.82, 2.24) is 0 Å². The van der Waals surface area contributed by atoms with Gasteiger partial charge in [0.1, 0.15) is 12.1 Å². The van der Waals surface area contributed by atoms with Gasteiger partial charge in [-0.3, -0.25) is 9.59 Å². The zero-order chi connectivity index (χ0) is 20.4. The summed E-state index contributed by atoms with van der Waals surface area (Å²) in [6.07, 6.45) is 2.85. The van der Waals surface area contributed by atoms with Crippen LogP contribution in [-0.4, -0.2) is 26.2 Å². The van der Waals surface area contributed by atoms with Gasteiger partial charge in [0.15, 0.2) is 0 Å². The maximum absolute atomic E-state index is 12.5. The number of hydrogen-bond donors (Lipinski definition) is 0. The molecule has 0 fully saturated rings. The maximum atomic E-state index is 12.5. The molecule has 1 rings (SSSR count). The van der Waals surface area contributed by atoms with Crippen LogP contribution in [0.5, 0.6) is 0 Å². The van der Waals surface area contributed by atoms with Crippen LogP contribution in [0.1, 0.15) is 60.8 Å². The molecule has 0 saturated carbocycles. The van der Waals surface area contributed by atoms with E-state index in [4.69, 9.17) is 14.7 Å². The van der Waals surface area contributed by atoms with Crippen LogP contribution in [0, 0.1) is 39.9 Å². The van der Waals surface area contributed by atoms with Crippen molar-refractivity contribution >= 4 is 11.9 Å². The molecule has 140 valence electrons. The molecule has 2 atom stereocenters. The van der Waals surface area contributed by atoms with Gasteiger partial charge in [-0.05, 0) is 24.1 Å². The standard InChI is InChI=1S/C20H21N3O4/c1-4-5-6-7-16(19(24)26-2)18(20(25)27-3)17-9-14(11-22)13(10-21)8-15(17)12-23/h8-9,16,18H,4-7H2,1-3H3/t16-,18+/m1/s1. The number of esters is 2. The van der Waals surface area contributed by atoms with Gasteiger partial charge in [0, 0.05) is 0 Å². The van der Waals surface area contributed by atoms with E-state index in [0.717, 1.165) is 12.8 Å². The van der Waals surface area contributed by atoms with Crippen LogP contribution >= 0.6 is 0 Å². The Morgan fingerprint density at radius 2 is 1.48 bits per heavy atom. The van der Waals surface area contributed by atoms with Crippen molar-refractivity contribution < 1.29 is 19.1 Å². The van der Waals surface area contributed by atoms with E-state index >= 15 is 0 Å². The van der Waals surface area contributed by atoms with Crippen LogP contribution in [0.2, 0.25) is 0 Å². The predicted octanol–water partition coefficient (Wildman–Crippen LogP) is 2.93. The van der Waals surface area contributed by atoms with Crippen molar-refractivity contribution in [2.24, 2.45) is 5.92 Å². The van der Waals surface area contributed by atoms with Gasteiger partial charge in [0.05, 0.1) is 48.8 Å². The first kappa shape index (κ1) is 21.7. The Kier molecular flexibility index (Phi) is 8.49. The molecular formula is C20H21N3O4. The summed E-state index contributed by atoms with van der Waals surface area (Å²) >= 11 is 0. The molecule has 0 spiro atoms. The smallest absolute Gasteiger partial charge is 0.314 e. The molecule has 0 radical (unpaired) electrons. The zero-order valence-corrected chi connectivity index (χ0v) is 15.6. The summed E-state index contributed by atoms with van der Waals surface area (Å²) in [5.41, 5.74) is 0.289. The van der Waals surface area contributed by atoms with Crippen LogP contribution in [-0.2, 0) is 19.1 Å². The number of rotatable bonds is 8. The lowest BCUT2D eigenvalue weighted by Crippen LogP contribution is -2.31. The quantitative estimate of drug-likeness (QED) is 0.511. The molecule has 0 amide bonds. The van der Waals surface area contributed by atoms with E-state index in [-0.39, 0.29) is 22.3 Å². The van der Waals surface area contributed by atoms with Gasteiger partial charge in [-0.25, -0.2) is 0 Å². The predicted molar refractivity (Wildman–Crippen MR) is 95.0 cm³/mol. The topological polar surface area (TPSA) is 124 Å². The minimum Gasteiger partial charge on any atom is -0.469 e. The lowest BCUT2D eigenvalue weighted by atomic mass is 9.79. The number of ether oxygens (including phenoxy) is 2. The minimum atomic E-state index is -1.10. The molecule has 0 aromatic heterocycles. The summed E-state index contributed by atoms with van der Waals surface area (Å²) in [5.74, 6) is -3.25. The average molecular weight is 367 g/mol. The van der Waals surface area contributed by atoms with Crippen molar-refractivity contribution in [3.63, 3.8) is 0 Å². The SMILES string of the molecule is CCCCC[C@@H](C(=O)OC)[C@H](C(=O)OC)c1cc(C#N)c(C#N)cc1C#N. The van der Waals surface area contributed by atoms with Crippen molar-refractivity contribution in [2.45, 2.75) is 38.5 Å². The van der Waals surface area contributed by atoms with Gasteiger partial charge in [-0.1, -0.05) is 26.2 Å². The molecule has 0 aliphatic carbocycles. The first-order valence-corrected chi connectivity index (χ1v) is 8.52. The molecule has 7 heteroatoms. The van der Waals surface area contributed by atoms with Gasteiger partial charge >= 0.3 is 11.9 Å². The van der Waals surface area contributed by atoms with E-state index in [1.165, 1.54) is 26.4 Å². The van der Waals surface area contributed by atoms with Gasteiger partial charge < -0.3 is 9.47 Å². The van der Waals surface area contributed by atoms with Crippen LogP contribution in [0.25, 0.3) is 0 Å². The highest BCUT2D eigenvalue weighted by Gasteiger charge is 2.38. The Morgan fingerprint density at radius 1 is 0.926 bits per heavy atom. The number of nitrogens with zero attached hydrogens (tertiary/aromatic N) is 3. The molecule has 7 nitrogen and oxygen atoms in total. The van der Waals surface area contributed by atoms with Crippen molar-refractivity contribution in [2.75, 3.05) is 14.2 Å². The van der Waals surface area contributed by atoms with Crippen LogP contribution in [0.3, 0.4) is 0 Å². The highest BCUT2D eigenvalue weighted by Crippen LogP contribution is 2.34. The lowest BCUT2D eigenvalue weighted by Gasteiger charge is -2.24. The molecule has 0 aliphatic rings. The normalized spacial score (nSPS) is 12.0. The highest BCUT2D eigenvalue weighted by molar-refractivity contribution is 5.87. The molecule has 0 aliphatic heterocycles. The van der Waals surface area contributed by atoms with E-state index in [9.17, 15) is 20.1 Å². The molecule has 27 heavy (non-hydrogen) atoms. The summed E-state index contributed by atoms with van der Waals surface area (Å²) in [5, 5.41) is 27.9. The van der Waals surface area contributed by atoms with Crippen LogP contribution < -0.4 is 0 Å². The molecular weight excluding hydrogens is 346 g/mol. The maximum Gasteiger partial charge on any atom is 0.314 e. The van der Waals surface area contributed by atoms with Crippen LogP contribution in [0.15, 0.2) is 12.1 Å². The highest BCUT2D eigenvalue weighted by atomic mass is 16.5. The first-order chi connectivity index (χ1) is 13.0. The largest absolute Gasteiger partial charge is 0.469 e. The van der Waals surface area contributed by atoms with Gasteiger partial charge in [-0.2, -0.15) is 15.8 Å². The Hall–Kier alpha value is -3.37. The first-order valence-electron chi connectivity index (χ1n) is 8.52. The second kappa shape index (κ2) is 10.6. The Morgan fingerprint density at radius 3 is 1.96 bits per heavy atom. The number of hydrogen-bond acceptors (Lipinski definition) is 7. The monoisotopic (exact) mass is 367 g/mol. The van der Waals surface area contributed by atoms with E-state index in [1.54, 1.807) is 0 Å². The zero-order valence-electron chi connectivity index (χ0n) is 15.6. The summed E-state index contributed by atoms with van der Waals surface area (Å²) in [7, 11) is 2.42. The fraction of sp³-hybridized carbons (Fsp3) is 0.450. The molecule has 1 aromatic carbocycles. The van der Waals surface area contributed by atoms with Crippen molar-refractivity contribution in [3.05, 3.63) is 34.4 Å². The number of unbranched alkanes of at least 4 members (excludes halogenated alkanes) is 2. The van der Waals surface area contributed by atoms with E-state index in [0.29, 0.717) is 12.8 Å². The molecule has 0 unspecified atom stereocenters. The third kappa shape index (κ3) is 5.06. The summed E-state index contributed by atoms with van der Waals surface area (Å²) < 4.78 is 9.74. The third-order valence-electron chi connectivity index (χ3n) is 4.37. The number of benzene rings is 1. The van der Waals surface area contributed by atoms with E-state index in [2.05, 4.69) is 0 Å². The summed E-state index contributed by atoms with van der Waals surface area (Å²) in [6.45, 7) is 2.01. The number of methoxy groups -OCH3 is 2. The summed E-state index contributed by atoms with van der Waals surface area (Å²) in [4.78, 5) is 24.9. The van der Waals surface area contributed by atoms with Gasteiger partial charge in [0.2, 0.25) is 0 Å². The fourth-order valence-electron chi connectivity index (χ4n) is 2.98. The van der Waals surface area contributed by atoms with Gasteiger partial charge in [-0.15, -0.1) is 0 Å². The Balaban J connectivity index is 3.60. The van der Waals surface area contributed by atoms with Crippen LogP contribution in [0.4, 0.5) is 0 Å². The molecule has 1 aromatic rings. The van der Waals surface area contributed by atoms with E-state index in [1.807, 2.05) is 25.1 Å². The number of carbonyl (C=O) groups is 2. The fourth-order valence-corrected chi connectivity index (χ4v) is 2.98. The second-order valence-corrected chi connectivity index (χ2v) is 5.95. The van der Waals surface area contributed by atoms with Crippen molar-refractivity contribution in [1.29, 1.82) is 15.8 Å². The second-order valence-electron chi connectivity index (χ2n) is 5.95. The Bertz CT molecular complexity index is 827. The summed E-state index contributed by atoms with van der Waals surface area (Å²) in [6, 6.07) is 8.25. The number of nitriles is 3. The minimum absolute atomic E-state index is 0.0255. The molecule has 0 heterocycles. The lowest BCUT2D eigenvalue weighted by molar-refractivity contribution is -0.154. The number of carbonyl (C=O) groups excluding carboxylic acids is 2. The molecule has 0 bridgehead atoms. The average Bonchev–Trinajstić information content (AvgIpc) is 2.71. The molecule has 0 saturated heterocycles. The van der Waals surface area contributed by atoms with E-state index < -0.39 is 23.8 Å². The molecule has 0 N–H and O–H groups in total. The van der Waals surface area contributed by atoms with Crippen molar-refractivity contribution in [3.8, 4) is 18.2 Å². The van der Waals surface area contributed by atoms with Gasteiger partial charge in [0.25, 0.3) is 0 Å². The third-order valence-corrected chi connectivity index (χ3v) is 4.37. The Labute approximate surface area is 158 Å².